The summed E-state index contributed by atoms with van der Waals surface area (Å²) in [6.07, 6.45) is 6.49. The molecule has 2 heterocycles. The molecule has 0 spiro atoms. The van der Waals surface area contributed by atoms with Gasteiger partial charge in [-0.2, -0.15) is 0 Å². The van der Waals surface area contributed by atoms with E-state index in [9.17, 15) is 4.79 Å². The average molecular weight is 356 g/mol. The third-order valence-corrected chi connectivity index (χ3v) is 6.16. The van der Waals surface area contributed by atoms with Gasteiger partial charge in [-0.15, -0.1) is 11.3 Å². The van der Waals surface area contributed by atoms with E-state index in [2.05, 4.69) is 4.98 Å². The van der Waals surface area contributed by atoms with Crippen LogP contribution in [-0.4, -0.2) is 28.9 Å². The maximum Gasteiger partial charge on any atom is 0.253 e. The van der Waals surface area contributed by atoms with E-state index in [0.717, 1.165) is 42.4 Å². The summed E-state index contributed by atoms with van der Waals surface area (Å²) >= 11 is 1.56. The summed E-state index contributed by atoms with van der Waals surface area (Å²) in [5, 5.41) is 1.98. The zero-order chi connectivity index (χ0) is 17.1. The summed E-state index contributed by atoms with van der Waals surface area (Å²) in [6.45, 7) is 2.26. The maximum absolute atomic E-state index is 12.9. The molecule has 2 aliphatic rings. The number of likely N-dealkylation sites (tertiary alicyclic amines) is 1. The van der Waals surface area contributed by atoms with Gasteiger partial charge >= 0.3 is 0 Å². The van der Waals surface area contributed by atoms with Gasteiger partial charge in [0.1, 0.15) is 12.4 Å². The van der Waals surface area contributed by atoms with Gasteiger partial charge in [0, 0.05) is 24.0 Å². The third kappa shape index (κ3) is 3.87. The minimum atomic E-state index is 0.142. The predicted molar refractivity (Wildman–Crippen MR) is 98.9 cm³/mol. The molecule has 1 saturated heterocycles. The highest BCUT2D eigenvalue weighted by Gasteiger charge is 2.33. The predicted octanol–water partition coefficient (Wildman–Crippen LogP) is 4.37. The van der Waals surface area contributed by atoms with Crippen LogP contribution in [0.25, 0.3) is 0 Å². The number of amides is 1. The van der Waals surface area contributed by atoms with Crippen molar-refractivity contribution in [2.75, 3.05) is 13.1 Å². The fraction of sp³-hybridized carbons (Fsp3) is 0.500. The zero-order valence-electron chi connectivity index (χ0n) is 14.4. The van der Waals surface area contributed by atoms with E-state index >= 15 is 0 Å². The fourth-order valence-corrected chi connectivity index (χ4v) is 4.70. The number of benzene rings is 1. The molecule has 2 atom stereocenters. The molecule has 1 saturated carbocycles. The highest BCUT2D eigenvalue weighted by atomic mass is 32.1. The van der Waals surface area contributed by atoms with Crippen LogP contribution in [0.1, 0.15) is 48.2 Å². The molecule has 4 nitrogen and oxygen atoms in total. The van der Waals surface area contributed by atoms with Crippen LogP contribution in [0, 0.1) is 11.8 Å². The smallest absolute Gasteiger partial charge is 0.253 e. The summed E-state index contributed by atoms with van der Waals surface area (Å²) in [5.74, 6) is 2.41. The summed E-state index contributed by atoms with van der Waals surface area (Å²) in [6, 6.07) is 7.56. The third-order valence-electron chi connectivity index (χ3n) is 5.53. The average Bonchev–Trinajstić information content (AvgIpc) is 3.19. The fourth-order valence-electron chi connectivity index (χ4n) is 4.15. The number of rotatable bonds is 4. The van der Waals surface area contributed by atoms with Crippen LogP contribution in [0.4, 0.5) is 0 Å². The Labute approximate surface area is 152 Å². The molecule has 1 amide bonds. The van der Waals surface area contributed by atoms with Gasteiger partial charge in [-0.1, -0.05) is 25.3 Å². The molecule has 2 fully saturated rings. The van der Waals surface area contributed by atoms with Gasteiger partial charge in [0.2, 0.25) is 0 Å². The van der Waals surface area contributed by atoms with Gasteiger partial charge < -0.3 is 9.64 Å². The number of carbonyl (C=O) groups excluding carboxylic acids is 1. The van der Waals surface area contributed by atoms with E-state index in [1.165, 1.54) is 25.7 Å². The highest BCUT2D eigenvalue weighted by molar-refractivity contribution is 7.07. The van der Waals surface area contributed by atoms with E-state index in [1.54, 1.807) is 16.8 Å². The zero-order valence-corrected chi connectivity index (χ0v) is 15.2. The molecule has 1 aliphatic carbocycles. The lowest BCUT2D eigenvalue weighted by molar-refractivity contribution is 0.0520. The molecule has 0 N–H and O–H groups in total. The monoisotopic (exact) mass is 356 g/mol. The second-order valence-corrected chi connectivity index (χ2v) is 7.86. The van der Waals surface area contributed by atoms with Crippen LogP contribution < -0.4 is 4.74 Å². The van der Waals surface area contributed by atoms with Crippen LogP contribution in [-0.2, 0) is 6.61 Å². The lowest BCUT2D eigenvalue weighted by atomic mass is 9.75. The molecule has 1 aromatic heterocycles. The lowest BCUT2D eigenvalue weighted by Gasteiger charge is -2.41. The van der Waals surface area contributed by atoms with E-state index < -0.39 is 0 Å². The topological polar surface area (TPSA) is 42.4 Å². The molecule has 0 radical (unpaired) electrons. The second kappa shape index (κ2) is 7.56. The number of nitrogens with zero attached hydrogens (tertiary/aromatic N) is 2. The number of piperidine rings is 1. The van der Waals surface area contributed by atoms with Crippen molar-refractivity contribution >= 4 is 17.2 Å². The summed E-state index contributed by atoms with van der Waals surface area (Å²) in [5.41, 5.74) is 3.44. The Morgan fingerprint density at radius 3 is 2.96 bits per heavy atom. The van der Waals surface area contributed by atoms with Gasteiger partial charge in [0.25, 0.3) is 5.91 Å². The largest absolute Gasteiger partial charge is 0.487 e. The Kier molecular flexibility index (Phi) is 5.02. The molecule has 5 heteroatoms. The van der Waals surface area contributed by atoms with Crippen molar-refractivity contribution in [3.63, 3.8) is 0 Å². The molecule has 2 aromatic rings. The Morgan fingerprint density at radius 2 is 2.12 bits per heavy atom. The van der Waals surface area contributed by atoms with E-state index in [1.807, 2.05) is 34.5 Å². The first-order valence-corrected chi connectivity index (χ1v) is 10.1. The Morgan fingerprint density at radius 1 is 1.24 bits per heavy atom. The number of aromatic nitrogens is 1. The first-order chi connectivity index (χ1) is 12.3. The Bertz CT molecular complexity index is 716. The molecule has 1 aliphatic heterocycles. The van der Waals surface area contributed by atoms with Crippen molar-refractivity contribution < 1.29 is 9.53 Å². The molecule has 132 valence electrons. The van der Waals surface area contributed by atoms with Crippen molar-refractivity contribution in [1.82, 2.24) is 9.88 Å². The quantitative estimate of drug-likeness (QED) is 0.817. The lowest BCUT2D eigenvalue weighted by Crippen LogP contribution is -2.44. The SMILES string of the molecule is O=C(c1cccc(OCc2cscn2)c1)N1CC[C@@H]2CCCC[C@H]2C1. The Hall–Kier alpha value is -1.88. The van der Waals surface area contributed by atoms with Gasteiger partial charge in [0.05, 0.1) is 11.2 Å². The molecular weight excluding hydrogens is 332 g/mol. The molecule has 4 rings (SSSR count). The van der Waals surface area contributed by atoms with Crippen LogP contribution in [0.5, 0.6) is 5.75 Å². The number of ether oxygens (including phenoxy) is 1. The number of hydrogen-bond acceptors (Lipinski definition) is 4. The van der Waals surface area contributed by atoms with Crippen molar-refractivity contribution in [1.29, 1.82) is 0 Å². The summed E-state index contributed by atoms with van der Waals surface area (Å²) < 4.78 is 5.79. The van der Waals surface area contributed by atoms with Gasteiger partial charge in [-0.25, -0.2) is 4.98 Å². The second-order valence-electron chi connectivity index (χ2n) is 7.14. The van der Waals surface area contributed by atoms with Crippen molar-refractivity contribution in [2.24, 2.45) is 11.8 Å². The highest BCUT2D eigenvalue weighted by Crippen LogP contribution is 2.36. The summed E-state index contributed by atoms with van der Waals surface area (Å²) in [4.78, 5) is 19.2. The van der Waals surface area contributed by atoms with Crippen LogP contribution in [0.2, 0.25) is 0 Å². The minimum Gasteiger partial charge on any atom is -0.487 e. The van der Waals surface area contributed by atoms with Crippen molar-refractivity contribution in [3.8, 4) is 5.75 Å². The van der Waals surface area contributed by atoms with Crippen LogP contribution in [0.15, 0.2) is 35.2 Å². The van der Waals surface area contributed by atoms with Gasteiger partial charge in [-0.05, 0) is 42.9 Å². The number of thiazole rings is 1. The molecule has 1 aromatic carbocycles. The normalized spacial score (nSPS) is 23.1. The number of fused-ring (bicyclic) bond motifs is 1. The first-order valence-electron chi connectivity index (χ1n) is 9.19. The minimum absolute atomic E-state index is 0.142. The van der Waals surface area contributed by atoms with E-state index in [-0.39, 0.29) is 5.91 Å². The van der Waals surface area contributed by atoms with Crippen LogP contribution >= 0.6 is 11.3 Å². The summed E-state index contributed by atoms with van der Waals surface area (Å²) in [7, 11) is 0. The van der Waals surface area contributed by atoms with E-state index in [4.69, 9.17) is 4.74 Å². The van der Waals surface area contributed by atoms with Gasteiger partial charge in [-0.3, -0.25) is 4.79 Å². The molecule has 0 bridgehead atoms. The molecular formula is C20H24N2O2S. The van der Waals surface area contributed by atoms with Crippen molar-refractivity contribution in [3.05, 3.63) is 46.4 Å². The number of hydrogen-bond donors (Lipinski definition) is 0. The molecule has 0 unspecified atom stereocenters. The first kappa shape index (κ1) is 16.6. The van der Waals surface area contributed by atoms with Gasteiger partial charge in [0.15, 0.2) is 0 Å². The standard InChI is InChI=1S/C20H24N2O2S/c23-20(22-9-8-15-4-1-2-5-17(15)11-22)16-6-3-7-19(10-16)24-12-18-13-25-14-21-18/h3,6-7,10,13-15,17H,1-2,4-5,8-9,11-12H2/t15-,17-/m0/s1. The number of carbonyl (C=O) groups is 1. The Balaban J connectivity index is 1.40. The molecule has 25 heavy (non-hydrogen) atoms. The van der Waals surface area contributed by atoms with E-state index in [0.29, 0.717) is 12.5 Å². The maximum atomic E-state index is 12.9. The van der Waals surface area contributed by atoms with Crippen LogP contribution in [0.3, 0.4) is 0 Å². The van der Waals surface area contributed by atoms with Crippen molar-refractivity contribution in [2.45, 2.75) is 38.7 Å².